The van der Waals surface area contributed by atoms with Gasteiger partial charge in [-0.25, -0.2) is 0 Å². The van der Waals surface area contributed by atoms with Crippen LogP contribution in [0.1, 0.15) is 30.5 Å². The number of anilines is 2. The van der Waals surface area contributed by atoms with Gasteiger partial charge in [0.25, 0.3) is 0 Å². The molecule has 1 saturated carbocycles. The van der Waals surface area contributed by atoms with Crippen LogP contribution < -0.4 is 11.1 Å². The molecule has 7 nitrogen and oxygen atoms in total. The van der Waals surface area contributed by atoms with Crippen molar-refractivity contribution in [2.75, 3.05) is 11.1 Å². The van der Waals surface area contributed by atoms with Gasteiger partial charge in [-0.1, -0.05) is 0 Å². The fourth-order valence-corrected chi connectivity index (χ4v) is 2.07. The molecule has 102 valence electrons. The van der Waals surface area contributed by atoms with E-state index in [1.807, 2.05) is 13.0 Å². The average molecular weight is 269 g/mol. The number of aromatic nitrogens is 4. The van der Waals surface area contributed by atoms with Crippen molar-refractivity contribution in [3.05, 3.63) is 23.4 Å². The minimum absolute atomic E-state index is 0.285. The first-order valence-corrected chi connectivity index (χ1v) is 6.55. The molecular weight excluding hydrogens is 254 g/mol. The highest BCUT2D eigenvalue weighted by atomic mass is 15.4. The molecule has 2 heterocycles. The maximum Gasteiger partial charge on any atom is 0.178 e. The van der Waals surface area contributed by atoms with E-state index in [9.17, 15) is 5.26 Å². The number of rotatable bonds is 3. The first kappa shape index (κ1) is 12.4. The molecule has 2 aromatic heterocycles. The summed E-state index contributed by atoms with van der Waals surface area (Å²) in [6, 6.07) is 6.09. The predicted molar refractivity (Wildman–Crippen MR) is 74.3 cm³/mol. The predicted octanol–water partition coefficient (Wildman–Crippen LogP) is 1.39. The number of nitrogens with two attached hydrogens (primary N) is 1. The van der Waals surface area contributed by atoms with Gasteiger partial charge in [0.15, 0.2) is 11.6 Å². The van der Waals surface area contributed by atoms with E-state index in [2.05, 4.69) is 26.7 Å². The van der Waals surface area contributed by atoms with Gasteiger partial charge in [0, 0.05) is 6.04 Å². The van der Waals surface area contributed by atoms with Crippen molar-refractivity contribution >= 4 is 11.6 Å². The van der Waals surface area contributed by atoms with Crippen molar-refractivity contribution in [1.82, 2.24) is 20.0 Å². The lowest BCUT2D eigenvalue weighted by Crippen LogP contribution is -2.27. The zero-order chi connectivity index (χ0) is 14.1. The zero-order valence-corrected chi connectivity index (χ0v) is 11.2. The smallest absolute Gasteiger partial charge is 0.178 e. The molecule has 0 atom stereocenters. The highest BCUT2D eigenvalue weighted by Crippen LogP contribution is 2.28. The van der Waals surface area contributed by atoms with E-state index in [1.165, 1.54) is 11.1 Å². The molecule has 1 fully saturated rings. The summed E-state index contributed by atoms with van der Waals surface area (Å²) < 4.78 is 1.45. The van der Waals surface area contributed by atoms with Crippen LogP contribution in [0.2, 0.25) is 0 Å². The van der Waals surface area contributed by atoms with Gasteiger partial charge in [-0.2, -0.15) is 15.0 Å². The largest absolute Gasteiger partial charge is 0.382 e. The standard InChI is InChI=1S/C13H15N7/c1-8-5-6-11(18-17-8)20-12(15)10(7-14)13(19-20)16-9-3-2-4-9/h5-6,9H,2-4,15H2,1H3,(H,16,19). The summed E-state index contributed by atoms with van der Waals surface area (Å²) in [5.74, 6) is 1.32. The van der Waals surface area contributed by atoms with Crippen molar-refractivity contribution in [3.8, 4) is 11.9 Å². The second-order valence-corrected chi connectivity index (χ2v) is 4.94. The number of nitrogens with one attached hydrogen (secondary N) is 1. The summed E-state index contributed by atoms with van der Waals surface area (Å²) in [6.45, 7) is 1.85. The average Bonchev–Trinajstić information content (AvgIpc) is 2.71. The summed E-state index contributed by atoms with van der Waals surface area (Å²) in [7, 11) is 0. The molecule has 3 N–H and O–H groups in total. The Hall–Kier alpha value is -2.62. The molecule has 1 aliphatic rings. The molecule has 0 spiro atoms. The summed E-state index contributed by atoms with van der Waals surface area (Å²) in [5, 5.41) is 24.9. The molecule has 0 aliphatic heterocycles. The zero-order valence-electron chi connectivity index (χ0n) is 11.2. The third kappa shape index (κ3) is 2.05. The van der Waals surface area contributed by atoms with Gasteiger partial charge in [-0.15, -0.1) is 10.2 Å². The first-order chi connectivity index (χ1) is 9.69. The van der Waals surface area contributed by atoms with E-state index in [1.54, 1.807) is 6.07 Å². The SMILES string of the molecule is Cc1ccc(-n2nc(NC3CCC3)c(C#N)c2N)nn1. The maximum atomic E-state index is 9.25. The van der Waals surface area contributed by atoms with E-state index in [0.717, 1.165) is 18.5 Å². The lowest BCUT2D eigenvalue weighted by atomic mass is 9.93. The Bertz CT molecular complexity index is 661. The van der Waals surface area contributed by atoms with Crippen LogP contribution in [-0.4, -0.2) is 26.0 Å². The summed E-state index contributed by atoms with van der Waals surface area (Å²) in [4.78, 5) is 0. The lowest BCUT2D eigenvalue weighted by Gasteiger charge is -2.26. The van der Waals surface area contributed by atoms with Crippen LogP contribution in [0.4, 0.5) is 11.6 Å². The molecule has 1 aliphatic carbocycles. The van der Waals surface area contributed by atoms with E-state index in [0.29, 0.717) is 23.2 Å². The molecule has 2 aromatic rings. The van der Waals surface area contributed by atoms with Gasteiger partial charge in [0.1, 0.15) is 17.5 Å². The summed E-state index contributed by atoms with van der Waals surface area (Å²) >= 11 is 0. The van der Waals surface area contributed by atoms with Crippen molar-refractivity contribution in [1.29, 1.82) is 5.26 Å². The minimum atomic E-state index is 0.285. The molecule has 0 radical (unpaired) electrons. The normalized spacial score (nSPS) is 14.6. The number of nitriles is 1. The number of hydrogen-bond acceptors (Lipinski definition) is 6. The van der Waals surface area contributed by atoms with E-state index >= 15 is 0 Å². The molecular formula is C13H15N7. The minimum Gasteiger partial charge on any atom is -0.382 e. The Morgan fingerprint density at radius 3 is 2.75 bits per heavy atom. The third-order valence-corrected chi connectivity index (χ3v) is 3.48. The van der Waals surface area contributed by atoms with Gasteiger partial charge < -0.3 is 11.1 Å². The molecule has 20 heavy (non-hydrogen) atoms. The Labute approximate surface area is 116 Å². The molecule has 0 aromatic carbocycles. The van der Waals surface area contributed by atoms with Gasteiger partial charge in [-0.05, 0) is 38.3 Å². The second-order valence-electron chi connectivity index (χ2n) is 4.94. The van der Waals surface area contributed by atoms with Crippen LogP contribution in [0, 0.1) is 18.3 Å². The van der Waals surface area contributed by atoms with E-state index in [-0.39, 0.29) is 5.82 Å². The van der Waals surface area contributed by atoms with Crippen LogP contribution in [0.5, 0.6) is 0 Å². The molecule has 0 unspecified atom stereocenters. The Morgan fingerprint density at radius 2 is 2.20 bits per heavy atom. The molecule has 0 saturated heterocycles. The van der Waals surface area contributed by atoms with E-state index in [4.69, 9.17) is 5.73 Å². The monoisotopic (exact) mass is 269 g/mol. The van der Waals surface area contributed by atoms with Crippen molar-refractivity contribution in [2.24, 2.45) is 0 Å². The molecule has 0 bridgehead atoms. The van der Waals surface area contributed by atoms with E-state index < -0.39 is 0 Å². The Morgan fingerprint density at radius 1 is 1.40 bits per heavy atom. The van der Waals surface area contributed by atoms with Crippen LogP contribution >= 0.6 is 0 Å². The summed E-state index contributed by atoms with van der Waals surface area (Å²) in [5.41, 5.74) is 7.16. The maximum absolute atomic E-state index is 9.25. The van der Waals surface area contributed by atoms with Crippen LogP contribution in [0.15, 0.2) is 12.1 Å². The van der Waals surface area contributed by atoms with Crippen molar-refractivity contribution < 1.29 is 0 Å². The lowest BCUT2D eigenvalue weighted by molar-refractivity contribution is 0.444. The first-order valence-electron chi connectivity index (χ1n) is 6.55. The third-order valence-electron chi connectivity index (χ3n) is 3.48. The van der Waals surface area contributed by atoms with Crippen molar-refractivity contribution in [3.63, 3.8) is 0 Å². The number of nitrogen functional groups attached to an aromatic ring is 1. The second kappa shape index (κ2) is 4.81. The molecule has 3 rings (SSSR count). The fourth-order valence-electron chi connectivity index (χ4n) is 2.07. The number of hydrogen-bond donors (Lipinski definition) is 2. The quantitative estimate of drug-likeness (QED) is 0.872. The van der Waals surface area contributed by atoms with Crippen LogP contribution in [0.3, 0.4) is 0 Å². The molecule has 7 heteroatoms. The highest BCUT2D eigenvalue weighted by Gasteiger charge is 2.23. The summed E-state index contributed by atoms with van der Waals surface area (Å²) in [6.07, 6.45) is 3.41. The van der Waals surface area contributed by atoms with Gasteiger partial charge in [-0.3, -0.25) is 0 Å². The Balaban J connectivity index is 1.99. The van der Waals surface area contributed by atoms with Crippen LogP contribution in [0.25, 0.3) is 5.82 Å². The molecule has 0 amide bonds. The van der Waals surface area contributed by atoms with Gasteiger partial charge >= 0.3 is 0 Å². The topological polar surface area (TPSA) is 105 Å². The van der Waals surface area contributed by atoms with Crippen LogP contribution in [-0.2, 0) is 0 Å². The number of aryl methyl sites for hydroxylation is 1. The highest BCUT2D eigenvalue weighted by molar-refractivity contribution is 5.65. The fraction of sp³-hybridized carbons (Fsp3) is 0.385. The Kier molecular flexibility index (Phi) is 2.99. The van der Waals surface area contributed by atoms with Gasteiger partial charge in [0.2, 0.25) is 0 Å². The van der Waals surface area contributed by atoms with Crippen molar-refractivity contribution in [2.45, 2.75) is 32.2 Å². The van der Waals surface area contributed by atoms with Gasteiger partial charge in [0.05, 0.1) is 5.69 Å². The number of nitrogens with zero attached hydrogens (tertiary/aromatic N) is 5.